The van der Waals surface area contributed by atoms with Crippen LogP contribution in [0.15, 0.2) is 29.2 Å². The molecule has 1 aliphatic carbocycles. The molecule has 1 saturated carbocycles. The Morgan fingerprint density at radius 2 is 1.94 bits per heavy atom. The molecule has 18 heavy (non-hydrogen) atoms. The summed E-state index contributed by atoms with van der Waals surface area (Å²) < 4.78 is 0. The lowest BCUT2D eigenvalue weighted by Crippen LogP contribution is -2.15. The second-order valence-electron chi connectivity index (χ2n) is 5.11. The molecule has 2 nitrogen and oxygen atoms in total. The van der Waals surface area contributed by atoms with Gasteiger partial charge in [-0.25, -0.2) is 0 Å². The van der Waals surface area contributed by atoms with Crippen LogP contribution in [0.3, 0.4) is 0 Å². The molecule has 0 bridgehead atoms. The molecule has 0 heterocycles. The van der Waals surface area contributed by atoms with E-state index in [1.54, 1.807) is 0 Å². The van der Waals surface area contributed by atoms with Crippen molar-refractivity contribution in [2.24, 2.45) is 5.92 Å². The number of hydrogen-bond donors (Lipinski definition) is 2. The zero-order chi connectivity index (χ0) is 12.8. The van der Waals surface area contributed by atoms with Crippen LogP contribution < -0.4 is 5.32 Å². The number of benzene rings is 1. The monoisotopic (exact) mass is 263 g/mol. The number of para-hydroxylation sites is 1. The first kappa shape index (κ1) is 13.5. The van der Waals surface area contributed by atoms with E-state index >= 15 is 0 Å². The zero-order valence-corrected chi connectivity index (χ0v) is 11.6. The summed E-state index contributed by atoms with van der Waals surface area (Å²) in [5.41, 5.74) is 0.814. The highest BCUT2D eigenvalue weighted by Crippen LogP contribution is 2.27. The molecular weight excluding hydrogens is 242 g/mol. The van der Waals surface area contributed by atoms with Crippen molar-refractivity contribution in [3.8, 4) is 0 Å². The third-order valence-corrected chi connectivity index (χ3v) is 4.07. The maximum atomic E-state index is 11.9. The van der Waals surface area contributed by atoms with Gasteiger partial charge in [0.15, 0.2) is 0 Å². The molecule has 3 heteroatoms. The van der Waals surface area contributed by atoms with Gasteiger partial charge in [-0.1, -0.05) is 44.2 Å². The smallest absolute Gasteiger partial charge is 0.224 e. The summed E-state index contributed by atoms with van der Waals surface area (Å²) in [6, 6.07) is 7.61. The molecular formula is C15H21NOS. The first-order chi connectivity index (χ1) is 8.75. The van der Waals surface area contributed by atoms with Gasteiger partial charge in [-0.2, -0.15) is 0 Å². The average molecular weight is 263 g/mol. The van der Waals surface area contributed by atoms with Crippen molar-refractivity contribution in [1.29, 1.82) is 0 Å². The number of carbonyl (C=O) groups excluding carboxylic acids is 1. The van der Waals surface area contributed by atoms with E-state index in [0.717, 1.165) is 22.9 Å². The fourth-order valence-electron chi connectivity index (χ4n) is 2.60. The summed E-state index contributed by atoms with van der Waals surface area (Å²) in [6.07, 6.45) is 8.31. The zero-order valence-electron chi connectivity index (χ0n) is 10.7. The Labute approximate surface area is 115 Å². The van der Waals surface area contributed by atoms with E-state index in [1.165, 1.54) is 32.1 Å². The van der Waals surface area contributed by atoms with Crippen molar-refractivity contribution in [1.82, 2.24) is 0 Å². The summed E-state index contributed by atoms with van der Waals surface area (Å²) in [6.45, 7) is 0. The molecule has 1 aliphatic rings. The standard InChI is InChI=1S/C15H21NOS/c17-15(11-10-12-6-2-1-3-7-12)16-13-8-4-5-9-14(13)18/h4-5,8-9,12,18H,1-3,6-7,10-11H2,(H,16,17). The molecule has 0 aromatic heterocycles. The number of amides is 1. The van der Waals surface area contributed by atoms with Crippen LogP contribution in [0.25, 0.3) is 0 Å². The molecule has 1 aromatic rings. The lowest BCUT2D eigenvalue weighted by molar-refractivity contribution is -0.116. The molecule has 0 saturated heterocycles. The summed E-state index contributed by atoms with van der Waals surface area (Å²) in [7, 11) is 0. The number of carbonyl (C=O) groups is 1. The Bertz CT molecular complexity index is 399. The molecule has 1 fully saturated rings. The van der Waals surface area contributed by atoms with E-state index in [1.807, 2.05) is 24.3 Å². The second kappa shape index (κ2) is 6.83. The predicted octanol–water partition coefficient (Wildman–Crippen LogP) is 4.27. The van der Waals surface area contributed by atoms with Gasteiger partial charge >= 0.3 is 0 Å². The molecule has 98 valence electrons. The number of thiol groups is 1. The molecule has 1 N–H and O–H groups in total. The molecule has 0 radical (unpaired) electrons. The van der Waals surface area contributed by atoms with Gasteiger partial charge in [-0.05, 0) is 24.5 Å². The van der Waals surface area contributed by atoms with Crippen molar-refractivity contribution in [2.45, 2.75) is 49.8 Å². The fraction of sp³-hybridized carbons (Fsp3) is 0.533. The van der Waals surface area contributed by atoms with Crippen molar-refractivity contribution < 1.29 is 4.79 Å². The van der Waals surface area contributed by atoms with Gasteiger partial charge in [-0.15, -0.1) is 12.6 Å². The first-order valence-electron chi connectivity index (χ1n) is 6.83. The molecule has 1 aromatic carbocycles. The maximum absolute atomic E-state index is 11.9. The van der Waals surface area contributed by atoms with Gasteiger partial charge < -0.3 is 5.32 Å². The molecule has 2 rings (SSSR count). The summed E-state index contributed by atoms with van der Waals surface area (Å²) in [5.74, 6) is 0.873. The van der Waals surface area contributed by atoms with Crippen LogP contribution >= 0.6 is 12.6 Å². The van der Waals surface area contributed by atoms with E-state index in [9.17, 15) is 4.79 Å². The lowest BCUT2D eigenvalue weighted by atomic mass is 9.86. The second-order valence-corrected chi connectivity index (χ2v) is 5.59. The molecule has 0 aliphatic heterocycles. The van der Waals surface area contributed by atoms with E-state index in [4.69, 9.17) is 0 Å². The van der Waals surface area contributed by atoms with Gasteiger partial charge in [-0.3, -0.25) is 4.79 Å². The SMILES string of the molecule is O=C(CCC1CCCCC1)Nc1ccccc1S. The average Bonchev–Trinajstić information content (AvgIpc) is 2.40. The largest absolute Gasteiger partial charge is 0.325 e. The minimum absolute atomic E-state index is 0.113. The Kier molecular flexibility index (Phi) is 5.12. The van der Waals surface area contributed by atoms with Gasteiger partial charge in [0.25, 0.3) is 0 Å². The summed E-state index contributed by atoms with van der Waals surface area (Å²) in [4.78, 5) is 12.7. The predicted molar refractivity (Wildman–Crippen MR) is 78.1 cm³/mol. The van der Waals surface area contributed by atoms with Gasteiger partial charge in [0.1, 0.15) is 0 Å². The quantitative estimate of drug-likeness (QED) is 0.780. The highest BCUT2D eigenvalue weighted by molar-refractivity contribution is 7.80. The Balaban J connectivity index is 1.76. The van der Waals surface area contributed by atoms with Crippen LogP contribution in [-0.2, 0) is 4.79 Å². The van der Waals surface area contributed by atoms with Gasteiger partial charge in [0.2, 0.25) is 5.91 Å². The number of anilines is 1. The van der Waals surface area contributed by atoms with Crippen LogP contribution in [0.4, 0.5) is 5.69 Å². The van der Waals surface area contributed by atoms with Crippen LogP contribution in [0, 0.1) is 5.92 Å². The van der Waals surface area contributed by atoms with Crippen molar-refractivity contribution in [3.63, 3.8) is 0 Å². The fourth-order valence-corrected chi connectivity index (χ4v) is 2.82. The lowest BCUT2D eigenvalue weighted by Gasteiger charge is -2.21. The highest BCUT2D eigenvalue weighted by Gasteiger charge is 2.15. The van der Waals surface area contributed by atoms with Crippen molar-refractivity contribution >= 4 is 24.2 Å². The number of rotatable bonds is 4. The Morgan fingerprint density at radius 3 is 2.67 bits per heavy atom. The third kappa shape index (κ3) is 4.05. The highest BCUT2D eigenvalue weighted by atomic mass is 32.1. The maximum Gasteiger partial charge on any atom is 0.224 e. The topological polar surface area (TPSA) is 29.1 Å². The molecule has 0 spiro atoms. The van der Waals surface area contributed by atoms with Crippen LogP contribution in [0.2, 0.25) is 0 Å². The normalized spacial score (nSPS) is 16.5. The third-order valence-electron chi connectivity index (χ3n) is 3.68. The van der Waals surface area contributed by atoms with E-state index in [2.05, 4.69) is 17.9 Å². The van der Waals surface area contributed by atoms with Gasteiger partial charge in [0, 0.05) is 11.3 Å². The Morgan fingerprint density at radius 1 is 1.22 bits per heavy atom. The minimum atomic E-state index is 0.113. The van der Waals surface area contributed by atoms with Crippen LogP contribution in [-0.4, -0.2) is 5.91 Å². The van der Waals surface area contributed by atoms with E-state index in [-0.39, 0.29) is 5.91 Å². The van der Waals surface area contributed by atoms with Crippen LogP contribution in [0.1, 0.15) is 44.9 Å². The van der Waals surface area contributed by atoms with E-state index in [0.29, 0.717) is 6.42 Å². The van der Waals surface area contributed by atoms with Gasteiger partial charge in [0.05, 0.1) is 5.69 Å². The van der Waals surface area contributed by atoms with E-state index < -0.39 is 0 Å². The number of nitrogens with one attached hydrogen (secondary N) is 1. The van der Waals surface area contributed by atoms with Crippen LogP contribution in [0.5, 0.6) is 0 Å². The number of hydrogen-bond acceptors (Lipinski definition) is 2. The first-order valence-corrected chi connectivity index (χ1v) is 7.28. The Hall–Kier alpha value is -0.960. The summed E-state index contributed by atoms with van der Waals surface area (Å²) >= 11 is 4.33. The molecule has 0 atom stereocenters. The summed E-state index contributed by atoms with van der Waals surface area (Å²) in [5, 5.41) is 2.93. The molecule has 0 unspecified atom stereocenters. The van der Waals surface area contributed by atoms with Crippen molar-refractivity contribution in [3.05, 3.63) is 24.3 Å². The van der Waals surface area contributed by atoms with Crippen molar-refractivity contribution in [2.75, 3.05) is 5.32 Å². The molecule has 1 amide bonds. The minimum Gasteiger partial charge on any atom is -0.325 e.